The second kappa shape index (κ2) is 6.78. The van der Waals surface area contributed by atoms with Gasteiger partial charge in [0, 0.05) is 18.0 Å². The highest BCUT2D eigenvalue weighted by molar-refractivity contribution is 6.12. The largest absolute Gasteiger partial charge is 0.504 e. The zero-order chi connectivity index (χ0) is 16.9. The Morgan fingerprint density at radius 3 is 2.33 bits per heavy atom. The molecule has 0 fully saturated rings. The van der Waals surface area contributed by atoms with Crippen molar-refractivity contribution in [3.05, 3.63) is 72.3 Å². The fraction of sp³-hybridized carbons (Fsp3) is 0.0556. The summed E-state index contributed by atoms with van der Waals surface area (Å²) in [6.07, 6.45) is 3.39. The lowest BCUT2D eigenvalue weighted by Gasteiger charge is -2.10. The molecule has 3 N–H and O–H groups in total. The number of nitrogens with two attached hydrogens (primary N) is 1. The third-order valence-electron chi connectivity index (χ3n) is 3.57. The second-order valence-electron chi connectivity index (χ2n) is 5.00. The van der Waals surface area contributed by atoms with Crippen LogP contribution in [0, 0.1) is 0 Å². The van der Waals surface area contributed by atoms with Gasteiger partial charge in [-0.3, -0.25) is 0 Å². The average Bonchev–Trinajstić information content (AvgIpc) is 2.65. The Morgan fingerprint density at radius 2 is 1.71 bits per heavy atom. The van der Waals surface area contributed by atoms with E-state index in [-0.39, 0.29) is 11.5 Å². The predicted octanol–water partition coefficient (Wildman–Crippen LogP) is 2.57. The molecule has 0 amide bonds. The van der Waals surface area contributed by atoms with Crippen LogP contribution >= 0.6 is 0 Å². The molecule has 0 aliphatic heterocycles. The maximum absolute atomic E-state index is 10.3. The van der Waals surface area contributed by atoms with Crippen LogP contribution in [-0.4, -0.2) is 27.9 Å². The second-order valence-corrected chi connectivity index (χ2v) is 5.00. The molecular weight excluding hydrogens is 304 g/mol. The van der Waals surface area contributed by atoms with E-state index in [0.29, 0.717) is 17.1 Å². The number of phenolic OH excluding ortho intramolecular Hbond substituents is 1. The summed E-state index contributed by atoms with van der Waals surface area (Å²) in [5.74, 6) is 6.10. The van der Waals surface area contributed by atoms with Gasteiger partial charge in [-0.15, -0.1) is 0 Å². The maximum atomic E-state index is 10.3. The summed E-state index contributed by atoms with van der Waals surface area (Å²) < 4.78 is 5.11. The smallest absolute Gasteiger partial charge is 0.180 e. The number of nitrogens with zero attached hydrogens (tertiary/aromatic N) is 3. The number of phenols is 1. The fourth-order valence-electron chi connectivity index (χ4n) is 2.36. The summed E-state index contributed by atoms with van der Waals surface area (Å²) in [4.78, 5) is 8.65. The molecular formula is C18H16N4O2. The van der Waals surface area contributed by atoms with Gasteiger partial charge in [0.15, 0.2) is 17.3 Å². The molecule has 0 unspecified atom stereocenters. The van der Waals surface area contributed by atoms with E-state index in [9.17, 15) is 5.11 Å². The van der Waals surface area contributed by atoms with Crippen LogP contribution in [0.5, 0.6) is 11.5 Å². The van der Waals surface area contributed by atoms with E-state index in [4.69, 9.17) is 10.6 Å². The van der Waals surface area contributed by atoms with Crippen LogP contribution in [-0.2, 0) is 0 Å². The summed E-state index contributed by atoms with van der Waals surface area (Å²) >= 11 is 0. The minimum atomic E-state index is -0.0556. The highest BCUT2D eigenvalue weighted by Crippen LogP contribution is 2.30. The molecule has 3 aromatic rings. The Hall–Kier alpha value is -3.41. The standard InChI is InChI=1S/C18H16N4O2/c1-24-15-9-5-8-14(17(15)23)16(22-19)18-20-10-13(11-21-18)12-6-3-2-4-7-12/h2-11,23H,19H2,1H3/b22-16+. The van der Waals surface area contributed by atoms with Crippen LogP contribution in [0.4, 0.5) is 0 Å². The Kier molecular flexibility index (Phi) is 4.38. The monoisotopic (exact) mass is 320 g/mol. The SMILES string of the molecule is COc1cccc(/C(=N\N)c2ncc(-c3ccccc3)cn2)c1O. The molecule has 0 bridgehead atoms. The van der Waals surface area contributed by atoms with Crippen molar-refractivity contribution in [1.29, 1.82) is 0 Å². The van der Waals surface area contributed by atoms with Gasteiger partial charge in [0.1, 0.15) is 5.71 Å². The first-order valence-corrected chi connectivity index (χ1v) is 7.26. The van der Waals surface area contributed by atoms with Crippen molar-refractivity contribution >= 4 is 5.71 Å². The third kappa shape index (κ3) is 2.89. The Bertz CT molecular complexity index is 862. The average molecular weight is 320 g/mol. The fourth-order valence-corrected chi connectivity index (χ4v) is 2.36. The molecule has 2 aromatic carbocycles. The van der Waals surface area contributed by atoms with Crippen LogP contribution in [0.2, 0.25) is 0 Å². The zero-order valence-corrected chi connectivity index (χ0v) is 13.0. The zero-order valence-electron chi connectivity index (χ0n) is 13.0. The molecule has 120 valence electrons. The summed E-state index contributed by atoms with van der Waals surface area (Å²) in [7, 11) is 1.48. The molecule has 1 aromatic heterocycles. The van der Waals surface area contributed by atoms with Crippen molar-refractivity contribution in [1.82, 2.24) is 9.97 Å². The number of hydrazone groups is 1. The topological polar surface area (TPSA) is 93.6 Å². The van der Waals surface area contributed by atoms with Gasteiger partial charge in [-0.25, -0.2) is 9.97 Å². The van der Waals surface area contributed by atoms with E-state index >= 15 is 0 Å². The molecule has 0 atom stereocenters. The van der Waals surface area contributed by atoms with Gasteiger partial charge < -0.3 is 15.7 Å². The minimum Gasteiger partial charge on any atom is -0.504 e. The number of rotatable bonds is 4. The summed E-state index contributed by atoms with van der Waals surface area (Å²) in [5, 5.41) is 14.0. The Balaban J connectivity index is 1.98. The minimum absolute atomic E-state index is 0.0556. The number of benzene rings is 2. The van der Waals surface area contributed by atoms with E-state index in [2.05, 4.69) is 15.1 Å². The maximum Gasteiger partial charge on any atom is 0.180 e. The van der Waals surface area contributed by atoms with Crippen molar-refractivity contribution in [2.24, 2.45) is 10.9 Å². The molecule has 0 radical (unpaired) electrons. The van der Waals surface area contributed by atoms with E-state index in [0.717, 1.165) is 11.1 Å². The van der Waals surface area contributed by atoms with Crippen molar-refractivity contribution in [3.8, 4) is 22.6 Å². The van der Waals surface area contributed by atoms with E-state index < -0.39 is 0 Å². The number of para-hydroxylation sites is 1. The lowest BCUT2D eigenvalue weighted by atomic mass is 10.1. The van der Waals surface area contributed by atoms with Gasteiger partial charge in [-0.05, 0) is 17.7 Å². The number of hydrogen-bond acceptors (Lipinski definition) is 6. The van der Waals surface area contributed by atoms with Crippen LogP contribution in [0.15, 0.2) is 66.0 Å². The van der Waals surface area contributed by atoms with Crippen molar-refractivity contribution in [2.75, 3.05) is 7.11 Å². The molecule has 6 heteroatoms. The normalized spacial score (nSPS) is 11.3. The molecule has 3 rings (SSSR count). The molecule has 0 saturated carbocycles. The molecule has 0 aliphatic rings. The number of aromatic hydroxyl groups is 1. The summed E-state index contributed by atoms with van der Waals surface area (Å²) in [6.45, 7) is 0. The molecule has 0 spiro atoms. The summed E-state index contributed by atoms with van der Waals surface area (Å²) in [5.41, 5.74) is 2.58. The Morgan fingerprint density at radius 1 is 1.00 bits per heavy atom. The van der Waals surface area contributed by atoms with Gasteiger partial charge >= 0.3 is 0 Å². The van der Waals surface area contributed by atoms with E-state index in [1.807, 2.05) is 30.3 Å². The van der Waals surface area contributed by atoms with Gasteiger partial charge in [0.05, 0.1) is 12.7 Å². The van der Waals surface area contributed by atoms with Gasteiger partial charge in [-0.2, -0.15) is 5.10 Å². The first-order chi connectivity index (χ1) is 11.7. The highest BCUT2D eigenvalue weighted by Gasteiger charge is 2.17. The Labute approximate surface area is 139 Å². The number of aromatic nitrogens is 2. The third-order valence-corrected chi connectivity index (χ3v) is 3.57. The predicted molar refractivity (Wildman–Crippen MR) is 92.0 cm³/mol. The number of ether oxygens (including phenoxy) is 1. The molecule has 0 saturated heterocycles. The van der Waals surface area contributed by atoms with Crippen molar-refractivity contribution < 1.29 is 9.84 Å². The molecule has 0 aliphatic carbocycles. The lowest BCUT2D eigenvalue weighted by Crippen LogP contribution is -2.11. The number of hydrogen-bond donors (Lipinski definition) is 2. The molecule has 6 nitrogen and oxygen atoms in total. The lowest BCUT2D eigenvalue weighted by molar-refractivity contribution is 0.373. The first-order valence-electron chi connectivity index (χ1n) is 7.26. The van der Waals surface area contributed by atoms with Crippen LogP contribution in [0.1, 0.15) is 11.4 Å². The number of methoxy groups -OCH3 is 1. The highest BCUT2D eigenvalue weighted by atomic mass is 16.5. The summed E-state index contributed by atoms with van der Waals surface area (Å²) in [6, 6.07) is 14.9. The molecule has 24 heavy (non-hydrogen) atoms. The van der Waals surface area contributed by atoms with Gasteiger partial charge in [-0.1, -0.05) is 36.4 Å². The molecule has 1 heterocycles. The van der Waals surface area contributed by atoms with Crippen LogP contribution < -0.4 is 10.6 Å². The van der Waals surface area contributed by atoms with E-state index in [1.54, 1.807) is 30.6 Å². The first kappa shape index (κ1) is 15.5. The van der Waals surface area contributed by atoms with Crippen molar-refractivity contribution in [3.63, 3.8) is 0 Å². The van der Waals surface area contributed by atoms with Crippen LogP contribution in [0.3, 0.4) is 0 Å². The van der Waals surface area contributed by atoms with Crippen LogP contribution in [0.25, 0.3) is 11.1 Å². The van der Waals surface area contributed by atoms with Crippen molar-refractivity contribution in [2.45, 2.75) is 0 Å². The van der Waals surface area contributed by atoms with Gasteiger partial charge in [0.2, 0.25) is 0 Å². The van der Waals surface area contributed by atoms with E-state index in [1.165, 1.54) is 7.11 Å². The quantitative estimate of drug-likeness (QED) is 0.438. The van der Waals surface area contributed by atoms with Gasteiger partial charge in [0.25, 0.3) is 0 Å².